The summed E-state index contributed by atoms with van der Waals surface area (Å²) >= 11 is 9.34. The molecule has 0 spiro atoms. The van der Waals surface area contributed by atoms with Crippen LogP contribution in [0.2, 0.25) is 5.02 Å². The number of aromatic nitrogens is 4. The van der Waals surface area contributed by atoms with E-state index in [0.717, 1.165) is 10.1 Å². The third kappa shape index (κ3) is 3.33. The number of carbonyl (C=O) groups excluding carboxylic acids is 1. The van der Waals surface area contributed by atoms with Crippen LogP contribution >= 0.6 is 27.5 Å². The van der Waals surface area contributed by atoms with Crippen LogP contribution < -0.4 is 21.3 Å². The molecule has 0 aliphatic heterocycles. The summed E-state index contributed by atoms with van der Waals surface area (Å²) in [5.74, 6) is 0.0212. The number of anilines is 1. The zero-order valence-corrected chi connectivity index (χ0v) is 17.9. The highest BCUT2D eigenvalue weighted by atomic mass is 79.9. The third-order valence-corrected chi connectivity index (χ3v) is 5.36. The lowest BCUT2D eigenvalue weighted by atomic mass is 10.2. The first-order chi connectivity index (χ1) is 13.1. The summed E-state index contributed by atoms with van der Waals surface area (Å²) < 4.78 is 9.20. The van der Waals surface area contributed by atoms with Crippen molar-refractivity contribution in [3.8, 4) is 5.75 Å². The largest absolute Gasteiger partial charge is 0.495 e. The Kier molecular flexibility index (Phi) is 5.35. The van der Waals surface area contributed by atoms with Crippen molar-refractivity contribution in [1.82, 2.24) is 18.7 Å². The molecule has 0 saturated heterocycles. The number of rotatable bonds is 4. The summed E-state index contributed by atoms with van der Waals surface area (Å²) in [6, 6.07) is 3.31. The number of hydrogen-bond donors (Lipinski definition) is 1. The van der Waals surface area contributed by atoms with Gasteiger partial charge in [-0.3, -0.25) is 23.3 Å². The number of imidazole rings is 1. The van der Waals surface area contributed by atoms with Gasteiger partial charge in [-0.2, -0.15) is 0 Å². The molecule has 1 aromatic carbocycles. The van der Waals surface area contributed by atoms with Gasteiger partial charge in [-0.1, -0.05) is 11.6 Å². The van der Waals surface area contributed by atoms with Crippen LogP contribution in [0.4, 0.5) is 5.69 Å². The van der Waals surface area contributed by atoms with Crippen LogP contribution in [0.1, 0.15) is 5.56 Å². The third-order valence-electron chi connectivity index (χ3n) is 4.35. The van der Waals surface area contributed by atoms with Crippen LogP contribution in [0, 0.1) is 6.92 Å². The number of aryl methyl sites for hydroxylation is 2. The smallest absolute Gasteiger partial charge is 0.332 e. The molecule has 0 bridgehead atoms. The number of methoxy groups -OCH3 is 1. The molecule has 1 N–H and O–H groups in total. The topological polar surface area (TPSA) is 100 Å². The second-order valence-electron chi connectivity index (χ2n) is 6.19. The molecule has 1 amide bonds. The van der Waals surface area contributed by atoms with E-state index >= 15 is 0 Å². The zero-order chi connectivity index (χ0) is 20.7. The number of hydrogen-bond acceptors (Lipinski definition) is 5. The van der Waals surface area contributed by atoms with Crippen LogP contribution in [-0.4, -0.2) is 31.7 Å². The van der Waals surface area contributed by atoms with Gasteiger partial charge in [0.1, 0.15) is 12.3 Å². The van der Waals surface area contributed by atoms with E-state index < -0.39 is 17.2 Å². The van der Waals surface area contributed by atoms with E-state index in [9.17, 15) is 14.4 Å². The number of ether oxygens (including phenoxy) is 1. The standard InChI is InChI=1S/C17H17BrClN5O4/c1-8-5-10(11(28-4)6-9(8)19)20-12(25)7-24-14-13(21-16(24)18)15(26)23(3)17(27)22(14)2/h5-6H,7H2,1-4H3,(H,20,25). The lowest BCUT2D eigenvalue weighted by Crippen LogP contribution is -2.37. The zero-order valence-electron chi connectivity index (χ0n) is 15.5. The molecule has 0 aliphatic carbocycles. The number of nitrogens with one attached hydrogen (secondary N) is 1. The number of benzene rings is 1. The lowest BCUT2D eigenvalue weighted by Gasteiger charge is -2.13. The van der Waals surface area contributed by atoms with Crippen molar-refractivity contribution < 1.29 is 9.53 Å². The molecule has 11 heteroatoms. The van der Waals surface area contributed by atoms with Gasteiger partial charge in [0.15, 0.2) is 15.9 Å². The monoisotopic (exact) mass is 469 g/mol. The minimum absolute atomic E-state index is 0.0872. The van der Waals surface area contributed by atoms with Gasteiger partial charge in [-0.15, -0.1) is 0 Å². The first-order valence-corrected chi connectivity index (χ1v) is 9.28. The minimum atomic E-state index is -0.534. The van der Waals surface area contributed by atoms with E-state index in [1.54, 1.807) is 12.1 Å². The Balaban J connectivity index is 2.01. The van der Waals surface area contributed by atoms with Gasteiger partial charge in [-0.05, 0) is 34.5 Å². The van der Waals surface area contributed by atoms with Gasteiger partial charge >= 0.3 is 5.69 Å². The number of nitrogens with zero attached hydrogens (tertiary/aromatic N) is 4. The average Bonchev–Trinajstić information content (AvgIpc) is 2.97. The summed E-state index contributed by atoms with van der Waals surface area (Å²) in [5, 5.41) is 3.27. The van der Waals surface area contributed by atoms with Gasteiger partial charge in [-0.25, -0.2) is 9.78 Å². The summed E-state index contributed by atoms with van der Waals surface area (Å²) in [6.07, 6.45) is 0. The Morgan fingerprint density at radius 3 is 2.61 bits per heavy atom. The Labute approximate surface area is 172 Å². The maximum absolute atomic E-state index is 12.6. The lowest BCUT2D eigenvalue weighted by molar-refractivity contribution is -0.116. The molecule has 0 atom stereocenters. The molecule has 3 rings (SSSR count). The molecule has 0 unspecified atom stereocenters. The van der Waals surface area contributed by atoms with Gasteiger partial charge in [0.2, 0.25) is 5.91 Å². The highest BCUT2D eigenvalue weighted by molar-refractivity contribution is 9.10. The highest BCUT2D eigenvalue weighted by Gasteiger charge is 2.20. The molecular formula is C17H17BrClN5O4. The van der Waals surface area contributed by atoms with E-state index in [1.807, 2.05) is 6.92 Å². The first-order valence-electron chi connectivity index (χ1n) is 8.11. The molecular weight excluding hydrogens is 454 g/mol. The Bertz CT molecular complexity index is 1230. The highest BCUT2D eigenvalue weighted by Crippen LogP contribution is 2.31. The number of amides is 1. The van der Waals surface area contributed by atoms with Gasteiger partial charge in [0, 0.05) is 25.2 Å². The fraction of sp³-hybridized carbons (Fsp3) is 0.294. The summed E-state index contributed by atoms with van der Waals surface area (Å²) in [6.45, 7) is 1.63. The maximum Gasteiger partial charge on any atom is 0.332 e. The molecule has 28 heavy (non-hydrogen) atoms. The minimum Gasteiger partial charge on any atom is -0.495 e. The van der Waals surface area contributed by atoms with Crippen LogP contribution in [0.15, 0.2) is 26.5 Å². The molecule has 0 aliphatic rings. The molecule has 0 saturated carbocycles. The molecule has 3 aromatic rings. The van der Waals surface area contributed by atoms with E-state index in [0.29, 0.717) is 16.5 Å². The number of carbonyl (C=O) groups is 1. The molecule has 2 aromatic heterocycles. The number of halogens is 2. The quantitative estimate of drug-likeness (QED) is 0.586. The van der Waals surface area contributed by atoms with E-state index in [4.69, 9.17) is 16.3 Å². The average molecular weight is 471 g/mol. The fourth-order valence-electron chi connectivity index (χ4n) is 2.87. The summed E-state index contributed by atoms with van der Waals surface area (Å²) in [7, 11) is 4.36. The van der Waals surface area contributed by atoms with Crippen LogP contribution in [0.3, 0.4) is 0 Å². The van der Waals surface area contributed by atoms with Crippen molar-refractivity contribution in [1.29, 1.82) is 0 Å². The Hall–Kier alpha value is -2.59. The Morgan fingerprint density at radius 1 is 1.29 bits per heavy atom. The van der Waals surface area contributed by atoms with Gasteiger partial charge < -0.3 is 10.1 Å². The van der Waals surface area contributed by atoms with Crippen molar-refractivity contribution in [3.63, 3.8) is 0 Å². The molecule has 9 nitrogen and oxygen atoms in total. The molecule has 0 fully saturated rings. The van der Waals surface area contributed by atoms with Crippen molar-refractivity contribution in [2.45, 2.75) is 13.5 Å². The van der Waals surface area contributed by atoms with Gasteiger partial charge in [0.25, 0.3) is 5.56 Å². The summed E-state index contributed by atoms with van der Waals surface area (Å²) in [4.78, 5) is 41.4. The predicted molar refractivity (Wildman–Crippen MR) is 109 cm³/mol. The second-order valence-corrected chi connectivity index (χ2v) is 7.31. The van der Waals surface area contributed by atoms with Crippen molar-refractivity contribution in [2.75, 3.05) is 12.4 Å². The maximum atomic E-state index is 12.6. The van der Waals surface area contributed by atoms with Crippen LogP contribution in [0.5, 0.6) is 5.75 Å². The Morgan fingerprint density at radius 2 is 1.96 bits per heavy atom. The van der Waals surface area contributed by atoms with E-state index in [1.165, 1.54) is 30.3 Å². The van der Waals surface area contributed by atoms with Crippen molar-refractivity contribution in [2.24, 2.45) is 14.1 Å². The molecule has 148 valence electrons. The van der Waals surface area contributed by atoms with Crippen LogP contribution in [-0.2, 0) is 25.4 Å². The van der Waals surface area contributed by atoms with Crippen molar-refractivity contribution in [3.05, 3.63) is 48.3 Å². The fourth-order valence-corrected chi connectivity index (χ4v) is 3.49. The van der Waals surface area contributed by atoms with E-state index in [2.05, 4.69) is 26.2 Å². The molecule has 2 heterocycles. The molecule has 0 radical (unpaired) electrons. The summed E-state index contributed by atoms with van der Waals surface area (Å²) in [5.41, 5.74) is 0.519. The second kappa shape index (κ2) is 7.44. The SMILES string of the molecule is COc1cc(Cl)c(C)cc1NC(=O)Cn1c(Br)nc2c(=O)n(C)c(=O)n(C)c21. The predicted octanol–water partition coefficient (Wildman–Crippen LogP) is 1.81. The normalized spacial score (nSPS) is 11.1. The van der Waals surface area contributed by atoms with E-state index in [-0.39, 0.29) is 22.4 Å². The van der Waals surface area contributed by atoms with Crippen LogP contribution in [0.25, 0.3) is 11.2 Å². The number of fused-ring (bicyclic) bond motifs is 1. The van der Waals surface area contributed by atoms with Gasteiger partial charge in [0.05, 0.1) is 12.8 Å². The first kappa shape index (κ1) is 20.2. The van der Waals surface area contributed by atoms with Crippen molar-refractivity contribution >= 4 is 50.3 Å².